The maximum atomic E-state index is 10.3. The van der Waals surface area contributed by atoms with Crippen molar-refractivity contribution in [3.8, 4) is 0 Å². The molecule has 0 spiro atoms. The fraction of sp³-hybridized carbons (Fsp3) is 0.550. The van der Waals surface area contributed by atoms with Gasteiger partial charge in [0.1, 0.15) is 0 Å². The molecule has 3 N–H and O–H groups in total. The number of aliphatic carboxylic acids is 1. The third-order valence-corrected chi connectivity index (χ3v) is 3.41. The first-order chi connectivity index (χ1) is 11.6. The van der Waals surface area contributed by atoms with E-state index in [1.54, 1.807) is 0 Å². The molecule has 136 valence electrons. The van der Waals surface area contributed by atoms with E-state index in [4.69, 9.17) is 5.11 Å². The monoisotopic (exact) mass is 336 g/mol. The lowest BCUT2D eigenvalue weighted by Gasteiger charge is -2.14. The van der Waals surface area contributed by atoms with E-state index in [1.807, 2.05) is 49.5 Å². The van der Waals surface area contributed by atoms with Gasteiger partial charge in [-0.2, -0.15) is 0 Å². The van der Waals surface area contributed by atoms with Crippen molar-refractivity contribution in [3.63, 3.8) is 0 Å². The highest BCUT2D eigenvalue weighted by molar-refractivity contribution is 5.66. The topological polar surface area (TPSA) is 77.8 Å². The van der Waals surface area contributed by atoms with Gasteiger partial charge >= 0.3 is 5.97 Å². The van der Waals surface area contributed by atoms with Gasteiger partial charge in [0, 0.05) is 6.42 Å². The predicted molar refractivity (Wildman–Crippen MR) is 98.8 cm³/mol. The Bertz CT molecular complexity index is 421. The van der Waals surface area contributed by atoms with E-state index >= 15 is 0 Å². The number of allylic oxidation sites excluding steroid dienone is 6. The number of hydrogen-bond acceptors (Lipinski definition) is 3. The molecule has 4 heteroatoms. The summed E-state index contributed by atoms with van der Waals surface area (Å²) in [7, 11) is 0. The molecule has 0 aliphatic carbocycles. The Kier molecular flexibility index (Phi) is 15.1. The molecule has 2 unspecified atom stereocenters. The Morgan fingerprint density at radius 2 is 1.33 bits per heavy atom. The summed E-state index contributed by atoms with van der Waals surface area (Å²) in [5.74, 6) is -0.745. The van der Waals surface area contributed by atoms with E-state index < -0.39 is 18.2 Å². The van der Waals surface area contributed by atoms with Crippen molar-refractivity contribution in [1.82, 2.24) is 0 Å². The minimum absolute atomic E-state index is 0.223. The molecule has 0 aromatic rings. The molecule has 0 radical (unpaired) electrons. The van der Waals surface area contributed by atoms with Crippen molar-refractivity contribution in [2.24, 2.45) is 0 Å². The summed E-state index contributed by atoms with van der Waals surface area (Å²) in [5, 5.41) is 28.0. The fourth-order valence-corrected chi connectivity index (χ4v) is 1.98. The molecule has 0 rings (SSSR count). The third-order valence-electron chi connectivity index (χ3n) is 3.41. The lowest BCUT2D eigenvalue weighted by Crippen LogP contribution is -2.24. The second-order valence-corrected chi connectivity index (χ2v) is 5.66. The van der Waals surface area contributed by atoms with Gasteiger partial charge in [0.15, 0.2) is 0 Å². The zero-order chi connectivity index (χ0) is 18.0. The van der Waals surface area contributed by atoms with E-state index in [1.165, 1.54) is 0 Å². The van der Waals surface area contributed by atoms with Crippen molar-refractivity contribution in [1.29, 1.82) is 0 Å². The zero-order valence-electron chi connectivity index (χ0n) is 14.7. The van der Waals surface area contributed by atoms with Gasteiger partial charge < -0.3 is 15.3 Å². The number of hydrogen-bond donors (Lipinski definition) is 3. The van der Waals surface area contributed by atoms with Gasteiger partial charge in [-0.25, -0.2) is 0 Å². The van der Waals surface area contributed by atoms with Crippen LogP contribution >= 0.6 is 0 Å². The Labute approximate surface area is 145 Å². The largest absolute Gasteiger partial charge is 0.481 e. The molecule has 0 aliphatic rings. The number of carbonyl (C=O) groups is 1. The first kappa shape index (κ1) is 22.4. The van der Waals surface area contributed by atoms with Crippen molar-refractivity contribution >= 4 is 5.97 Å². The number of aliphatic hydroxyl groups excluding tert-OH is 2. The van der Waals surface area contributed by atoms with E-state index in [2.05, 4.69) is 6.08 Å². The smallest absolute Gasteiger partial charge is 0.303 e. The summed E-state index contributed by atoms with van der Waals surface area (Å²) in [6.07, 6.45) is 19.7. The Morgan fingerprint density at radius 1 is 0.833 bits per heavy atom. The normalized spacial score (nSPS) is 15.1. The van der Waals surface area contributed by atoms with E-state index in [9.17, 15) is 15.0 Å². The summed E-state index contributed by atoms with van der Waals surface area (Å²) in [5.41, 5.74) is 0. The lowest BCUT2D eigenvalue weighted by atomic mass is 10.1. The average molecular weight is 336 g/mol. The molecule has 0 aromatic carbocycles. The van der Waals surface area contributed by atoms with E-state index in [-0.39, 0.29) is 6.42 Å². The first-order valence-electron chi connectivity index (χ1n) is 8.75. The number of carboxylic acid groups (broad SMARTS) is 1. The van der Waals surface area contributed by atoms with E-state index in [0.717, 1.165) is 25.7 Å². The van der Waals surface area contributed by atoms with E-state index in [0.29, 0.717) is 19.3 Å². The summed E-state index contributed by atoms with van der Waals surface area (Å²) < 4.78 is 0. The van der Waals surface area contributed by atoms with Crippen LogP contribution in [-0.4, -0.2) is 33.5 Å². The maximum absolute atomic E-state index is 10.3. The van der Waals surface area contributed by atoms with Gasteiger partial charge in [0.05, 0.1) is 12.2 Å². The van der Waals surface area contributed by atoms with Gasteiger partial charge in [-0.05, 0) is 44.9 Å². The van der Waals surface area contributed by atoms with Crippen LogP contribution in [-0.2, 0) is 4.79 Å². The predicted octanol–water partition coefficient (Wildman–Crippen LogP) is 4.16. The van der Waals surface area contributed by atoms with Crippen LogP contribution in [0, 0.1) is 0 Å². The molecule has 0 saturated carbocycles. The summed E-state index contributed by atoms with van der Waals surface area (Å²) in [6.45, 7) is 2.03. The van der Waals surface area contributed by atoms with Crippen LogP contribution in [0.2, 0.25) is 0 Å². The number of rotatable bonds is 14. The highest BCUT2D eigenvalue weighted by atomic mass is 16.4. The molecular formula is C20H32O4. The minimum Gasteiger partial charge on any atom is -0.481 e. The second kappa shape index (κ2) is 16.2. The number of carboxylic acids is 1. The van der Waals surface area contributed by atoms with Crippen LogP contribution in [0.25, 0.3) is 0 Å². The van der Waals surface area contributed by atoms with Crippen molar-refractivity contribution in [2.75, 3.05) is 0 Å². The van der Waals surface area contributed by atoms with Crippen LogP contribution in [0.4, 0.5) is 0 Å². The number of unbranched alkanes of at least 4 members (excludes halogenated alkanes) is 1. The van der Waals surface area contributed by atoms with Crippen molar-refractivity contribution in [2.45, 2.75) is 70.5 Å². The molecule has 2 atom stereocenters. The molecule has 0 bridgehead atoms. The van der Waals surface area contributed by atoms with Gasteiger partial charge in [-0.3, -0.25) is 4.79 Å². The second-order valence-electron chi connectivity index (χ2n) is 5.66. The minimum atomic E-state index is -0.745. The van der Waals surface area contributed by atoms with Gasteiger partial charge in [-0.15, -0.1) is 0 Å². The summed E-state index contributed by atoms with van der Waals surface area (Å²) in [4.78, 5) is 10.3. The quantitative estimate of drug-likeness (QED) is 0.329. The van der Waals surface area contributed by atoms with Crippen LogP contribution in [0.3, 0.4) is 0 Å². The standard InChI is InChI=1S/C20H32O4/c1-2-3-12-15-18(21)19(22)16-13-10-8-6-4-5-7-9-11-14-17-20(23)24/h3-4,6-7,9-10,12-13,18-19,21-22H,2,5,8,11,14-17H2,1H3,(H,23,24)/b6-4-,9-7-,12-3-,13-10-. The molecule has 4 nitrogen and oxygen atoms in total. The molecule has 0 amide bonds. The van der Waals surface area contributed by atoms with Gasteiger partial charge in [0.2, 0.25) is 0 Å². The lowest BCUT2D eigenvalue weighted by molar-refractivity contribution is -0.137. The molecule has 0 aromatic heterocycles. The molecule has 0 aliphatic heterocycles. The van der Waals surface area contributed by atoms with Gasteiger partial charge in [0.25, 0.3) is 0 Å². The van der Waals surface area contributed by atoms with Crippen molar-refractivity contribution in [3.05, 3.63) is 48.6 Å². The van der Waals surface area contributed by atoms with Crippen LogP contribution in [0.5, 0.6) is 0 Å². The SMILES string of the molecule is CC/C=C\CC(O)C(O)C/C=C\C/C=C\C/C=C\CCCC(=O)O. The maximum Gasteiger partial charge on any atom is 0.303 e. The molecular weight excluding hydrogens is 304 g/mol. The van der Waals surface area contributed by atoms with Crippen molar-refractivity contribution < 1.29 is 20.1 Å². The van der Waals surface area contributed by atoms with Crippen LogP contribution in [0.1, 0.15) is 58.3 Å². The molecule has 0 saturated heterocycles. The Balaban J connectivity index is 3.68. The fourth-order valence-electron chi connectivity index (χ4n) is 1.98. The summed E-state index contributed by atoms with van der Waals surface area (Å²) in [6, 6.07) is 0. The first-order valence-corrected chi connectivity index (χ1v) is 8.75. The Hall–Kier alpha value is -1.65. The van der Waals surface area contributed by atoms with Crippen LogP contribution in [0.15, 0.2) is 48.6 Å². The summed E-state index contributed by atoms with van der Waals surface area (Å²) >= 11 is 0. The average Bonchev–Trinajstić information content (AvgIpc) is 2.55. The highest BCUT2D eigenvalue weighted by Crippen LogP contribution is 2.06. The third kappa shape index (κ3) is 15.3. The van der Waals surface area contributed by atoms with Gasteiger partial charge in [-0.1, -0.05) is 55.5 Å². The molecule has 0 fully saturated rings. The Morgan fingerprint density at radius 3 is 1.88 bits per heavy atom. The molecule has 0 heterocycles. The molecule has 24 heavy (non-hydrogen) atoms. The van der Waals surface area contributed by atoms with Crippen LogP contribution < -0.4 is 0 Å². The number of aliphatic hydroxyl groups is 2. The zero-order valence-corrected chi connectivity index (χ0v) is 14.7. The highest BCUT2D eigenvalue weighted by Gasteiger charge is 2.12.